The van der Waals surface area contributed by atoms with Crippen LogP contribution in [0.25, 0.3) is 0 Å². The first-order valence-corrected chi connectivity index (χ1v) is 6.66. The number of aromatic nitrogens is 2. The van der Waals surface area contributed by atoms with Gasteiger partial charge in [0.2, 0.25) is 5.95 Å². The maximum absolute atomic E-state index is 4.47. The Labute approximate surface area is 103 Å². The highest BCUT2D eigenvalue weighted by Gasteiger charge is 2.11. The van der Waals surface area contributed by atoms with E-state index in [4.69, 9.17) is 0 Å². The summed E-state index contributed by atoms with van der Waals surface area (Å²) in [6, 6.07) is 0. The summed E-state index contributed by atoms with van der Waals surface area (Å²) in [5.74, 6) is 0.896. The van der Waals surface area contributed by atoms with Crippen molar-refractivity contribution in [3.63, 3.8) is 0 Å². The summed E-state index contributed by atoms with van der Waals surface area (Å²) in [5.41, 5.74) is 1.16. The van der Waals surface area contributed by atoms with E-state index >= 15 is 0 Å². The number of hydrogen-bond donors (Lipinski definition) is 1. The van der Waals surface area contributed by atoms with E-state index in [0.29, 0.717) is 0 Å². The van der Waals surface area contributed by atoms with Crippen LogP contribution in [0.4, 0.5) is 5.95 Å². The summed E-state index contributed by atoms with van der Waals surface area (Å²) < 4.78 is 0. The van der Waals surface area contributed by atoms with E-state index in [1.807, 2.05) is 12.4 Å². The van der Waals surface area contributed by atoms with Crippen LogP contribution in [0.1, 0.15) is 38.2 Å². The fourth-order valence-corrected chi connectivity index (χ4v) is 2.14. The summed E-state index contributed by atoms with van der Waals surface area (Å²) in [4.78, 5) is 11.3. The summed E-state index contributed by atoms with van der Waals surface area (Å²) in [7, 11) is 0. The molecule has 0 spiro atoms. The molecule has 1 aromatic heterocycles. The van der Waals surface area contributed by atoms with Crippen molar-refractivity contribution in [2.24, 2.45) is 0 Å². The highest BCUT2D eigenvalue weighted by molar-refractivity contribution is 5.29. The molecule has 0 saturated carbocycles. The smallest absolute Gasteiger partial charge is 0.225 e. The quantitative estimate of drug-likeness (QED) is 0.864. The lowest BCUT2D eigenvalue weighted by Crippen LogP contribution is -2.26. The average molecular weight is 234 g/mol. The van der Waals surface area contributed by atoms with E-state index in [1.165, 1.54) is 25.7 Å². The van der Waals surface area contributed by atoms with Crippen molar-refractivity contribution in [1.82, 2.24) is 15.3 Å². The van der Waals surface area contributed by atoms with Gasteiger partial charge in [-0.15, -0.1) is 0 Å². The molecular formula is C13H22N4. The molecule has 1 N–H and O–H groups in total. The third-order valence-electron chi connectivity index (χ3n) is 3.16. The number of anilines is 1. The van der Waals surface area contributed by atoms with E-state index in [0.717, 1.165) is 37.7 Å². The van der Waals surface area contributed by atoms with Gasteiger partial charge < -0.3 is 10.2 Å². The lowest BCUT2D eigenvalue weighted by Gasteiger charge is -2.19. The predicted molar refractivity (Wildman–Crippen MR) is 70.1 cm³/mol. The van der Waals surface area contributed by atoms with Crippen molar-refractivity contribution in [2.45, 2.75) is 39.2 Å². The van der Waals surface area contributed by atoms with E-state index in [2.05, 4.69) is 27.1 Å². The Kier molecular flexibility index (Phi) is 4.74. The molecule has 2 heterocycles. The minimum Gasteiger partial charge on any atom is -0.341 e. The lowest BCUT2D eigenvalue weighted by molar-refractivity contribution is 0.715. The van der Waals surface area contributed by atoms with Gasteiger partial charge in [-0.2, -0.15) is 0 Å². The molecule has 1 aliphatic heterocycles. The van der Waals surface area contributed by atoms with Crippen molar-refractivity contribution >= 4 is 5.95 Å². The first-order valence-electron chi connectivity index (χ1n) is 6.66. The Morgan fingerprint density at radius 1 is 1.12 bits per heavy atom. The van der Waals surface area contributed by atoms with Crippen LogP contribution in [0.3, 0.4) is 0 Å². The topological polar surface area (TPSA) is 41.1 Å². The zero-order valence-corrected chi connectivity index (χ0v) is 10.7. The molecule has 0 aliphatic carbocycles. The van der Waals surface area contributed by atoms with Crippen molar-refractivity contribution < 1.29 is 0 Å². The maximum Gasteiger partial charge on any atom is 0.225 e. The molecule has 17 heavy (non-hydrogen) atoms. The minimum absolute atomic E-state index is 0.858. The van der Waals surface area contributed by atoms with Crippen molar-refractivity contribution in [3.05, 3.63) is 18.0 Å². The number of nitrogens with one attached hydrogen (secondary N) is 1. The molecule has 0 bridgehead atoms. The second-order valence-electron chi connectivity index (χ2n) is 4.57. The number of hydrogen-bond acceptors (Lipinski definition) is 4. The Morgan fingerprint density at radius 2 is 1.76 bits per heavy atom. The van der Waals surface area contributed by atoms with Crippen LogP contribution >= 0.6 is 0 Å². The molecular weight excluding hydrogens is 212 g/mol. The second kappa shape index (κ2) is 6.55. The first kappa shape index (κ1) is 12.3. The van der Waals surface area contributed by atoms with Crippen LogP contribution < -0.4 is 10.2 Å². The van der Waals surface area contributed by atoms with E-state index in [-0.39, 0.29) is 0 Å². The molecule has 0 aromatic carbocycles. The highest BCUT2D eigenvalue weighted by Crippen LogP contribution is 2.14. The van der Waals surface area contributed by atoms with E-state index < -0.39 is 0 Å². The summed E-state index contributed by atoms with van der Waals surface area (Å²) >= 11 is 0. The van der Waals surface area contributed by atoms with Crippen LogP contribution in [0.2, 0.25) is 0 Å². The van der Waals surface area contributed by atoms with Gasteiger partial charge in [-0.05, 0) is 19.4 Å². The number of rotatable bonds is 4. The summed E-state index contributed by atoms with van der Waals surface area (Å²) in [6.07, 6.45) is 9.10. The Hall–Kier alpha value is -1.16. The summed E-state index contributed by atoms with van der Waals surface area (Å²) in [6.45, 7) is 6.15. The molecule has 1 fully saturated rings. The third-order valence-corrected chi connectivity index (χ3v) is 3.16. The monoisotopic (exact) mass is 234 g/mol. The molecule has 0 unspecified atom stereocenters. The standard InChI is InChI=1S/C13H22N4/c1-2-14-9-12-10-15-13(16-11-12)17-7-5-3-4-6-8-17/h10-11,14H,2-9H2,1H3. The summed E-state index contributed by atoms with van der Waals surface area (Å²) in [5, 5.41) is 3.28. The van der Waals surface area contributed by atoms with Crippen LogP contribution in [-0.4, -0.2) is 29.6 Å². The zero-order chi connectivity index (χ0) is 11.9. The molecule has 1 saturated heterocycles. The van der Waals surface area contributed by atoms with Crippen LogP contribution in [-0.2, 0) is 6.54 Å². The maximum atomic E-state index is 4.47. The van der Waals surface area contributed by atoms with Gasteiger partial charge in [0.1, 0.15) is 0 Å². The molecule has 0 amide bonds. The van der Waals surface area contributed by atoms with Crippen molar-refractivity contribution in [3.8, 4) is 0 Å². The van der Waals surface area contributed by atoms with Crippen molar-refractivity contribution in [1.29, 1.82) is 0 Å². The third kappa shape index (κ3) is 3.66. The van der Waals surface area contributed by atoms with Crippen molar-refractivity contribution in [2.75, 3.05) is 24.5 Å². The van der Waals surface area contributed by atoms with Gasteiger partial charge in [-0.1, -0.05) is 19.8 Å². The molecule has 4 nitrogen and oxygen atoms in total. The van der Waals surface area contributed by atoms with Crippen LogP contribution in [0.15, 0.2) is 12.4 Å². The average Bonchev–Trinajstić information content (AvgIpc) is 2.66. The molecule has 2 rings (SSSR count). The Balaban J connectivity index is 1.96. The van der Waals surface area contributed by atoms with Gasteiger partial charge in [0.25, 0.3) is 0 Å². The number of nitrogens with zero attached hydrogens (tertiary/aromatic N) is 3. The van der Waals surface area contributed by atoms with Gasteiger partial charge in [-0.25, -0.2) is 9.97 Å². The molecule has 0 atom stereocenters. The Bertz CT molecular complexity index is 315. The first-order chi connectivity index (χ1) is 8.40. The highest BCUT2D eigenvalue weighted by atomic mass is 15.2. The van der Waals surface area contributed by atoms with E-state index in [9.17, 15) is 0 Å². The minimum atomic E-state index is 0.858. The normalized spacial score (nSPS) is 16.9. The SMILES string of the molecule is CCNCc1cnc(N2CCCCCC2)nc1. The zero-order valence-electron chi connectivity index (χ0n) is 10.7. The molecule has 1 aliphatic rings. The van der Waals surface area contributed by atoms with Gasteiger partial charge in [0.15, 0.2) is 0 Å². The van der Waals surface area contributed by atoms with E-state index in [1.54, 1.807) is 0 Å². The fraction of sp³-hybridized carbons (Fsp3) is 0.692. The lowest BCUT2D eigenvalue weighted by atomic mass is 10.2. The van der Waals surface area contributed by atoms with Crippen LogP contribution in [0.5, 0.6) is 0 Å². The molecule has 94 valence electrons. The largest absolute Gasteiger partial charge is 0.341 e. The van der Waals surface area contributed by atoms with Crippen LogP contribution in [0, 0.1) is 0 Å². The molecule has 4 heteroatoms. The van der Waals surface area contributed by atoms with Gasteiger partial charge in [0, 0.05) is 37.6 Å². The molecule has 0 radical (unpaired) electrons. The van der Waals surface area contributed by atoms with Gasteiger partial charge in [0.05, 0.1) is 0 Å². The van der Waals surface area contributed by atoms with Gasteiger partial charge in [-0.3, -0.25) is 0 Å². The second-order valence-corrected chi connectivity index (χ2v) is 4.57. The predicted octanol–water partition coefficient (Wildman–Crippen LogP) is 1.97. The van der Waals surface area contributed by atoms with Gasteiger partial charge >= 0.3 is 0 Å². The Morgan fingerprint density at radius 3 is 2.35 bits per heavy atom. The molecule has 1 aromatic rings. The fourth-order valence-electron chi connectivity index (χ4n) is 2.14.